The minimum absolute atomic E-state index is 0.0248. The van der Waals surface area contributed by atoms with E-state index in [0.29, 0.717) is 31.1 Å². The Morgan fingerprint density at radius 2 is 1.86 bits per heavy atom. The molecule has 5 nitrogen and oxygen atoms in total. The van der Waals surface area contributed by atoms with Gasteiger partial charge in [0.15, 0.2) is 21.3 Å². The van der Waals surface area contributed by atoms with Crippen molar-refractivity contribution in [2.24, 2.45) is 5.73 Å². The Hall–Kier alpha value is -1.27. The molecule has 0 aliphatic rings. The lowest BCUT2D eigenvalue weighted by Crippen LogP contribution is -2.17. The average Bonchev–Trinajstić information content (AvgIpc) is 2.41. The minimum Gasteiger partial charge on any atom is -0.490 e. The van der Waals surface area contributed by atoms with Gasteiger partial charge in [0.05, 0.1) is 18.1 Å². The molecule has 0 aliphatic heterocycles. The third kappa shape index (κ3) is 6.35. The van der Waals surface area contributed by atoms with Gasteiger partial charge in [0, 0.05) is 0 Å². The van der Waals surface area contributed by atoms with E-state index in [1.54, 1.807) is 0 Å². The van der Waals surface area contributed by atoms with E-state index in [1.165, 1.54) is 0 Å². The molecule has 0 aliphatic carbocycles. The molecule has 1 aromatic rings. The first-order valence-corrected chi connectivity index (χ1v) is 9.13. The lowest BCUT2D eigenvalue weighted by Gasteiger charge is -2.13. The molecule has 120 valence electrons. The Labute approximate surface area is 127 Å². The van der Waals surface area contributed by atoms with Gasteiger partial charge in [-0.3, -0.25) is 0 Å². The smallest absolute Gasteiger partial charge is 0.161 e. The second kappa shape index (κ2) is 8.89. The van der Waals surface area contributed by atoms with Crippen molar-refractivity contribution in [1.82, 2.24) is 0 Å². The van der Waals surface area contributed by atoms with E-state index in [2.05, 4.69) is 0 Å². The Bertz CT molecular complexity index is 528. The fourth-order valence-corrected chi connectivity index (χ4v) is 3.12. The van der Waals surface area contributed by atoms with E-state index < -0.39 is 9.84 Å². The van der Waals surface area contributed by atoms with E-state index in [0.717, 1.165) is 12.0 Å². The number of hydrogen-bond acceptors (Lipinski definition) is 5. The number of rotatable bonds is 10. The minimum atomic E-state index is -3.03. The fraction of sp³-hybridized carbons (Fsp3) is 0.600. The van der Waals surface area contributed by atoms with Crippen molar-refractivity contribution < 1.29 is 17.9 Å². The summed E-state index contributed by atoms with van der Waals surface area (Å²) in [7, 11) is -3.03. The van der Waals surface area contributed by atoms with Crippen molar-refractivity contribution in [2.45, 2.75) is 26.7 Å². The Kier molecular flexibility index (Phi) is 7.53. The first-order valence-electron chi connectivity index (χ1n) is 7.31. The van der Waals surface area contributed by atoms with Crippen molar-refractivity contribution in [3.63, 3.8) is 0 Å². The summed E-state index contributed by atoms with van der Waals surface area (Å²) >= 11 is 0. The summed E-state index contributed by atoms with van der Waals surface area (Å²) in [4.78, 5) is 0. The summed E-state index contributed by atoms with van der Waals surface area (Å²) in [6.07, 6.45) is 1.39. The molecule has 0 radical (unpaired) electrons. The van der Waals surface area contributed by atoms with E-state index in [-0.39, 0.29) is 18.1 Å². The van der Waals surface area contributed by atoms with Gasteiger partial charge in [-0.2, -0.15) is 0 Å². The molecule has 1 aromatic carbocycles. The van der Waals surface area contributed by atoms with Gasteiger partial charge in [0.2, 0.25) is 0 Å². The van der Waals surface area contributed by atoms with E-state index in [1.807, 2.05) is 32.0 Å². The van der Waals surface area contributed by atoms with Crippen LogP contribution < -0.4 is 15.2 Å². The SMILES string of the molecule is CCCS(=O)(=O)CCOc1ccc(CCN)cc1OCC. The van der Waals surface area contributed by atoms with Gasteiger partial charge in [0.25, 0.3) is 0 Å². The highest BCUT2D eigenvalue weighted by Crippen LogP contribution is 2.28. The second-order valence-corrected chi connectivity index (χ2v) is 7.06. The third-order valence-corrected chi connectivity index (χ3v) is 4.73. The highest BCUT2D eigenvalue weighted by molar-refractivity contribution is 7.91. The van der Waals surface area contributed by atoms with E-state index in [4.69, 9.17) is 15.2 Å². The van der Waals surface area contributed by atoms with E-state index >= 15 is 0 Å². The summed E-state index contributed by atoms with van der Waals surface area (Å²) in [5.74, 6) is 1.43. The molecule has 0 saturated carbocycles. The molecule has 0 saturated heterocycles. The van der Waals surface area contributed by atoms with Crippen molar-refractivity contribution in [3.8, 4) is 11.5 Å². The van der Waals surface area contributed by atoms with E-state index in [9.17, 15) is 8.42 Å². The lowest BCUT2D eigenvalue weighted by molar-refractivity contribution is 0.288. The maximum Gasteiger partial charge on any atom is 0.161 e. The normalized spacial score (nSPS) is 11.4. The topological polar surface area (TPSA) is 78.6 Å². The second-order valence-electron chi connectivity index (χ2n) is 4.75. The molecular formula is C15H25NO4S. The molecule has 0 bridgehead atoms. The molecule has 0 spiro atoms. The zero-order valence-corrected chi connectivity index (χ0v) is 13.6. The van der Waals surface area contributed by atoms with Crippen LogP contribution in [0.2, 0.25) is 0 Å². The molecule has 0 amide bonds. The Balaban J connectivity index is 2.69. The van der Waals surface area contributed by atoms with Gasteiger partial charge in [-0.25, -0.2) is 8.42 Å². The zero-order valence-electron chi connectivity index (χ0n) is 12.8. The van der Waals surface area contributed by atoms with Crippen LogP contribution in [0.15, 0.2) is 18.2 Å². The Morgan fingerprint density at radius 3 is 2.48 bits per heavy atom. The molecule has 0 heterocycles. The largest absolute Gasteiger partial charge is 0.490 e. The number of nitrogens with two attached hydrogens (primary N) is 1. The van der Waals surface area contributed by atoms with Crippen LogP contribution in [0.4, 0.5) is 0 Å². The molecule has 0 aromatic heterocycles. The van der Waals surface area contributed by atoms with Gasteiger partial charge >= 0.3 is 0 Å². The van der Waals surface area contributed by atoms with Crippen LogP contribution in [0.3, 0.4) is 0 Å². The summed E-state index contributed by atoms with van der Waals surface area (Å²) in [5.41, 5.74) is 6.62. The van der Waals surface area contributed by atoms with Crippen LogP contribution in [-0.4, -0.2) is 39.7 Å². The maximum atomic E-state index is 11.6. The van der Waals surface area contributed by atoms with Crippen LogP contribution in [0.5, 0.6) is 11.5 Å². The van der Waals surface area contributed by atoms with Gasteiger partial charge in [-0.05, 0) is 44.0 Å². The molecule has 6 heteroatoms. The van der Waals surface area contributed by atoms with Gasteiger partial charge < -0.3 is 15.2 Å². The first-order chi connectivity index (χ1) is 10.0. The molecule has 2 N–H and O–H groups in total. The summed E-state index contributed by atoms with van der Waals surface area (Å²) in [6.45, 7) is 4.98. The maximum absolute atomic E-state index is 11.6. The third-order valence-electron chi connectivity index (χ3n) is 2.91. The van der Waals surface area contributed by atoms with Crippen molar-refractivity contribution in [1.29, 1.82) is 0 Å². The quantitative estimate of drug-likeness (QED) is 0.712. The average molecular weight is 315 g/mol. The highest BCUT2D eigenvalue weighted by Gasteiger charge is 2.11. The molecule has 0 fully saturated rings. The molecule has 21 heavy (non-hydrogen) atoms. The van der Waals surface area contributed by atoms with Crippen molar-refractivity contribution in [2.75, 3.05) is 31.3 Å². The molecular weight excluding hydrogens is 290 g/mol. The van der Waals surface area contributed by atoms with Crippen LogP contribution >= 0.6 is 0 Å². The fourth-order valence-electron chi connectivity index (χ4n) is 1.95. The number of benzene rings is 1. The van der Waals surface area contributed by atoms with Crippen LogP contribution in [0.25, 0.3) is 0 Å². The number of sulfone groups is 1. The standard InChI is InChI=1S/C15H25NO4S/c1-3-10-21(17,18)11-9-20-14-6-5-13(7-8-16)12-15(14)19-4-2/h5-6,12H,3-4,7-11,16H2,1-2H3. The Morgan fingerprint density at radius 1 is 1.10 bits per heavy atom. The number of ether oxygens (including phenoxy) is 2. The molecule has 0 unspecified atom stereocenters. The van der Waals surface area contributed by atoms with Gasteiger partial charge in [-0.1, -0.05) is 13.0 Å². The molecule has 1 rings (SSSR count). The van der Waals surface area contributed by atoms with Crippen molar-refractivity contribution >= 4 is 9.84 Å². The summed E-state index contributed by atoms with van der Waals surface area (Å²) < 4.78 is 34.4. The van der Waals surface area contributed by atoms with Crippen LogP contribution in [-0.2, 0) is 16.3 Å². The summed E-state index contributed by atoms with van der Waals surface area (Å²) in [5, 5.41) is 0. The zero-order chi connectivity index (χ0) is 15.7. The predicted molar refractivity (Wildman–Crippen MR) is 84.8 cm³/mol. The van der Waals surface area contributed by atoms with Gasteiger partial charge in [0.1, 0.15) is 6.61 Å². The highest BCUT2D eigenvalue weighted by atomic mass is 32.2. The first kappa shape index (κ1) is 17.8. The number of hydrogen-bond donors (Lipinski definition) is 1. The lowest BCUT2D eigenvalue weighted by atomic mass is 10.1. The van der Waals surface area contributed by atoms with Crippen molar-refractivity contribution in [3.05, 3.63) is 23.8 Å². The molecule has 0 atom stereocenters. The summed E-state index contributed by atoms with van der Waals surface area (Å²) in [6, 6.07) is 5.62. The predicted octanol–water partition coefficient (Wildman–Crippen LogP) is 1.79. The van der Waals surface area contributed by atoms with Gasteiger partial charge in [-0.15, -0.1) is 0 Å². The monoisotopic (exact) mass is 315 g/mol. The van der Waals surface area contributed by atoms with Crippen LogP contribution in [0.1, 0.15) is 25.8 Å². The van der Waals surface area contributed by atoms with Crippen LogP contribution in [0, 0.1) is 0 Å².